The van der Waals surface area contributed by atoms with Crippen LogP contribution in [0.5, 0.6) is 0 Å². The van der Waals surface area contributed by atoms with E-state index in [-0.39, 0.29) is 11.3 Å². The summed E-state index contributed by atoms with van der Waals surface area (Å²) in [5.41, 5.74) is 1.89. The molecule has 1 aliphatic carbocycles. The third kappa shape index (κ3) is 2.92. The van der Waals surface area contributed by atoms with Crippen molar-refractivity contribution in [3.05, 3.63) is 0 Å². The second-order valence-electron chi connectivity index (χ2n) is 3.95. The van der Waals surface area contributed by atoms with Gasteiger partial charge >= 0.3 is 5.97 Å². The third-order valence-electron chi connectivity index (χ3n) is 3.08. The van der Waals surface area contributed by atoms with Gasteiger partial charge in [-0.05, 0) is 19.3 Å². The fraction of sp³-hybridized carbons (Fsp3) is 0.800. The van der Waals surface area contributed by atoms with E-state index in [4.69, 9.17) is 5.11 Å². The molecule has 1 saturated carbocycles. The van der Waals surface area contributed by atoms with E-state index in [1.54, 1.807) is 0 Å². The molecule has 5 nitrogen and oxygen atoms in total. The molecule has 0 aromatic rings. The van der Waals surface area contributed by atoms with E-state index in [9.17, 15) is 9.59 Å². The van der Waals surface area contributed by atoms with Crippen molar-refractivity contribution in [3.63, 3.8) is 0 Å². The summed E-state index contributed by atoms with van der Waals surface area (Å²) in [4.78, 5) is 26.5. The molecule has 1 fully saturated rings. The third-order valence-corrected chi connectivity index (χ3v) is 3.08. The smallest absolute Gasteiger partial charge is 0.332 e. The minimum atomic E-state index is -1.09. The summed E-state index contributed by atoms with van der Waals surface area (Å²) >= 11 is 0. The summed E-state index contributed by atoms with van der Waals surface area (Å²) in [5.74, 6) is -1.27. The van der Waals surface area contributed by atoms with Crippen LogP contribution in [0, 0.1) is 5.41 Å². The molecule has 15 heavy (non-hydrogen) atoms. The predicted molar refractivity (Wildman–Crippen MR) is 52.9 cm³/mol. The maximum atomic E-state index is 11.8. The van der Waals surface area contributed by atoms with Crippen molar-refractivity contribution >= 4 is 11.9 Å². The van der Waals surface area contributed by atoms with Crippen molar-refractivity contribution < 1.29 is 19.5 Å². The minimum Gasteiger partial charge on any atom is -0.479 e. The number of hydrogen-bond acceptors (Lipinski definition) is 3. The van der Waals surface area contributed by atoms with E-state index in [0.29, 0.717) is 0 Å². The second-order valence-corrected chi connectivity index (χ2v) is 3.95. The molecule has 2 N–H and O–H groups in total. The second kappa shape index (κ2) is 5.11. The molecular formula is C10H17NO4. The van der Waals surface area contributed by atoms with Crippen molar-refractivity contribution in [1.29, 1.82) is 0 Å². The van der Waals surface area contributed by atoms with Crippen LogP contribution in [-0.2, 0) is 14.4 Å². The number of nitrogens with one attached hydrogen (secondary N) is 1. The van der Waals surface area contributed by atoms with Gasteiger partial charge in [0, 0.05) is 0 Å². The standard InChI is InChI=1S/C10H17NO4/c1-2-10(5-3-4-6-10)9(14)11-15-7-8(12)13/h2-7H2,1H3,(H,11,14)(H,12,13). The first kappa shape index (κ1) is 12.0. The van der Waals surface area contributed by atoms with Gasteiger partial charge in [0.25, 0.3) is 0 Å². The topological polar surface area (TPSA) is 75.6 Å². The van der Waals surface area contributed by atoms with Crippen LogP contribution in [0.2, 0.25) is 0 Å². The fourth-order valence-electron chi connectivity index (χ4n) is 2.06. The van der Waals surface area contributed by atoms with Crippen molar-refractivity contribution in [3.8, 4) is 0 Å². The van der Waals surface area contributed by atoms with Gasteiger partial charge < -0.3 is 5.11 Å². The highest BCUT2D eigenvalue weighted by Crippen LogP contribution is 2.40. The Hall–Kier alpha value is -1.10. The van der Waals surface area contributed by atoms with Crippen molar-refractivity contribution in [2.75, 3.05) is 6.61 Å². The molecule has 0 radical (unpaired) electrons. The number of carbonyl (C=O) groups excluding carboxylic acids is 1. The zero-order valence-corrected chi connectivity index (χ0v) is 8.91. The fourth-order valence-corrected chi connectivity index (χ4v) is 2.06. The molecule has 0 bridgehead atoms. The Morgan fingerprint density at radius 1 is 1.40 bits per heavy atom. The molecule has 0 saturated heterocycles. The maximum absolute atomic E-state index is 11.8. The van der Waals surface area contributed by atoms with Gasteiger partial charge in [0.15, 0.2) is 6.61 Å². The highest BCUT2D eigenvalue weighted by molar-refractivity contribution is 5.82. The van der Waals surface area contributed by atoms with Crippen LogP contribution in [-0.4, -0.2) is 23.6 Å². The molecule has 0 aliphatic heterocycles. The first-order valence-corrected chi connectivity index (χ1v) is 5.25. The number of hydroxylamine groups is 1. The predicted octanol–water partition coefficient (Wildman–Crippen LogP) is 1.09. The van der Waals surface area contributed by atoms with Crippen LogP contribution in [0.15, 0.2) is 0 Å². The van der Waals surface area contributed by atoms with Gasteiger partial charge in [-0.25, -0.2) is 10.3 Å². The van der Waals surface area contributed by atoms with Crippen molar-refractivity contribution in [1.82, 2.24) is 5.48 Å². The van der Waals surface area contributed by atoms with Gasteiger partial charge in [-0.1, -0.05) is 19.8 Å². The Labute approximate surface area is 88.8 Å². The molecule has 1 rings (SSSR count). The van der Waals surface area contributed by atoms with Gasteiger partial charge in [0.05, 0.1) is 5.41 Å². The monoisotopic (exact) mass is 215 g/mol. The van der Waals surface area contributed by atoms with E-state index in [1.807, 2.05) is 6.92 Å². The Balaban J connectivity index is 2.40. The van der Waals surface area contributed by atoms with Crippen LogP contribution in [0.3, 0.4) is 0 Å². The molecule has 0 spiro atoms. The number of aliphatic carboxylic acids is 1. The van der Waals surface area contributed by atoms with Gasteiger partial charge in [0.2, 0.25) is 5.91 Å². The molecule has 5 heteroatoms. The van der Waals surface area contributed by atoms with Crippen LogP contribution < -0.4 is 5.48 Å². The largest absolute Gasteiger partial charge is 0.479 e. The van der Waals surface area contributed by atoms with Gasteiger partial charge in [-0.3, -0.25) is 9.63 Å². The molecule has 0 heterocycles. The van der Waals surface area contributed by atoms with E-state index >= 15 is 0 Å². The van der Waals surface area contributed by atoms with Crippen LogP contribution in [0.1, 0.15) is 39.0 Å². The van der Waals surface area contributed by atoms with Crippen molar-refractivity contribution in [2.24, 2.45) is 5.41 Å². The van der Waals surface area contributed by atoms with Gasteiger partial charge in [-0.15, -0.1) is 0 Å². The Morgan fingerprint density at radius 2 is 2.00 bits per heavy atom. The minimum absolute atomic E-state index is 0.177. The molecule has 1 amide bonds. The summed E-state index contributed by atoms with van der Waals surface area (Å²) in [7, 11) is 0. The number of carboxylic acid groups (broad SMARTS) is 1. The average Bonchev–Trinajstić information content (AvgIpc) is 2.66. The Bertz CT molecular complexity index is 246. The van der Waals surface area contributed by atoms with Gasteiger partial charge in [-0.2, -0.15) is 0 Å². The van der Waals surface area contributed by atoms with Crippen LogP contribution in [0.4, 0.5) is 0 Å². The van der Waals surface area contributed by atoms with Gasteiger partial charge in [0.1, 0.15) is 0 Å². The number of hydrogen-bond donors (Lipinski definition) is 2. The van der Waals surface area contributed by atoms with E-state index < -0.39 is 12.6 Å². The maximum Gasteiger partial charge on any atom is 0.332 e. The highest BCUT2D eigenvalue weighted by atomic mass is 16.7. The van der Waals surface area contributed by atoms with E-state index in [2.05, 4.69) is 10.3 Å². The number of amides is 1. The summed E-state index contributed by atoms with van der Waals surface area (Å²) in [6.07, 6.45) is 4.62. The number of carboxylic acids is 1. The van der Waals surface area contributed by atoms with Crippen LogP contribution >= 0.6 is 0 Å². The normalized spacial score (nSPS) is 18.7. The first-order valence-electron chi connectivity index (χ1n) is 5.25. The zero-order chi connectivity index (χ0) is 11.3. The number of carbonyl (C=O) groups is 2. The lowest BCUT2D eigenvalue weighted by molar-refractivity contribution is -0.153. The summed E-state index contributed by atoms with van der Waals surface area (Å²) < 4.78 is 0. The van der Waals surface area contributed by atoms with E-state index in [1.165, 1.54) is 0 Å². The molecule has 0 aromatic heterocycles. The molecule has 0 unspecified atom stereocenters. The summed E-state index contributed by atoms with van der Waals surface area (Å²) in [6.45, 7) is 1.48. The molecule has 86 valence electrons. The zero-order valence-electron chi connectivity index (χ0n) is 8.91. The molecule has 0 aromatic carbocycles. The lowest BCUT2D eigenvalue weighted by atomic mass is 9.83. The summed E-state index contributed by atoms with van der Waals surface area (Å²) in [5, 5.41) is 8.34. The Kier molecular flexibility index (Phi) is 4.08. The molecule has 0 atom stereocenters. The number of rotatable bonds is 5. The van der Waals surface area contributed by atoms with E-state index in [0.717, 1.165) is 32.1 Å². The SMILES string of the molecule is CCC1(C(=O)NOCC(=O)O)CCCC1. The van der Waals surface area contributed by atoms with Crippen molar-refractivity contribution in [2.45, 2.75) is 39.0 Å². The average molecular weight is 215 g/mol. The molecule has 1 aliphatic rings. The summed E-state index contributed by atoms with van der Waals surface area (Å²) in [6, 6.07) is 0. The van der Waals surface area contributed by atoms with Crippen LogP contribution in [0.25, 0.3) is 0 Å². The first-order chi connectivity index (χ1) is 7.10. The Morgan fingerprint density at radius 3 is 2.47 bits per heavy atom. The lowest BCUT2D eigenvalue weighted by Gasteiger charge is -2.25. The lowest BCUT2D eigenvalue weighted by Crippen LogP contribution is -2.39. The quantitative estimate of drug-likeness (QED) is 0.673. The highest BCUT2D eigenvalue weighted by Gasteiger charge is 2.39. The molecular weight excluding hydrogens is 198 g/mol.